The molecular weight excluding hydrogens is 529 g/mol. The molecule has 3 heterocycles. The fourth-order valence-electron chi connectivity index (χ4n) is 4.70. The number of aromatic nitrogens is 2. The Morgan fingerprint density at radius 1 is 0.950 bits per heavy atom. The van der Waals surface area contributed by atoms with E-state index >= 15 is 0 Å². The summed E-state index contributed by atoms with van der Waals surface area (Å²) in [4.78, 5) is 32.9. The summed E-state index contributed by atoms with van der Waals surface area (Å²) in [6.45, 7) is 4.06. The zero-order valence-corrected chi connectivity index (χ0v) is 22.2. The van der Waals surface area contributed by atoms with E-state index < -0.39 is 36.4 Å². The zero-order valence-electron chi connectivity index (χ0n) is 22.2. The van der Waals surface area contributed by atoms with Crippen molar-refractivity contribution >= 4 is 17.9 Å². The molecule has 4 rings (SSSR count). The quantitative estimate of drug-likeness (QED) is 0.298. The van der Waals surface area contributed by atoms with Crippen LogP contribution in [0.4, 0.5) is 4.39 Å². The number of hydrogen-bond acceptors (Lipinski definition) is 8. The lowest BCUT2D eigenvalue weighted by molar-refractivity contribution is -0.170. The van der Waals surface area contributed by atoms with Crippen molar-refractivity contribution in [3.63, 3.8) is 0 Å². The lowest BCUT2D eigenvalue weighted by atomic mass is 9.96. The maximum Gasteiger partial charge on any atom is 0.336 e. The van der Waals surface area contributed by atoms with Crippen molar-refractivity contribution in [3.05, 3.63) is 53.6 Å². The van der Waals surface area contributed by atoms with Crippen LogP contribution >= 0.6 is 0 Å². The van der Waals surface area contributed by atoms with Crippen LogP contribution in [0.1, 0.15) is 62.4 Å². The van der Waals surface area contributed by atoms with Crippen molar-refractivity contribution in [1.29, 1.82) is 0 Å². The molecule has 13 heteroatoms. The van der Waals surface area contributed by atoms with Gasteiger partial charge in [-0.25, -0.2) is 13.9 Å². The van der Waals surface area contributed by atoms with Crippen molar-refractivity contribution in [2.24, 2.45) is 0 Å². The summed E-state index contributed by atoms with van der Waals surface area (Å²) in [5, 5.41) is 38.3. The summed E-state index contributed by atoms with van der Waals surface area (Å²) in [6, 6.07) is 8.85. The van der Waals surface area contributed by atoms with E-state index in [0.29, 0.717) is 0 Å². The maximum atomic E-state index is 13.3. The summed E-state index contributed by atoms with van der Waals surface area (Å²) in [5.74, 6) is -5.22. The Kier molecular flexibility index (Phi) is 11.6. The van der Waals surface area contributed by atoms with Crippen LogP contribution in [0.15, 0.2) is 36.5 Å². The molecule has 2 fully saturated rings. The lowest BCUT2D eigenvalue weighted by Gasteiger charge is -2.28. The maximum absolute atomic E-state index is 13.3. The van der Waals surface area contributed by atoms with Gasteiger partial charge in [-0.1, -0.05) is 12.1 Å². The normalized spacial score (nSPS) is 19.2. The number of rotatable bonds is 12. The zero-order chi connectivity index (χ0) is 29.1. The van der Waals surface area contributed by atoms with Crippen LogP contribution in [0, 0.1) is 5.82 Å². The molecule has 2 atom stereocenters. The minimum Gasteiger partial charge on any atom is -0.481 e. The molecule has 0 saturated carbocycles. The smallest absolute Gasteiger partial charge is 0.336 e. The summed E-state index contributed by atoms with van der Waals surface area (Å²) in [7, 11) is 0. The first-order valence-electron chi connectivity index (χ1n) is 13.2. The molecule has 0 radical (unpaired) electrons. The summed E-state index contributed by atoms with van der Waals surface area (Å²) < 4.78 is 27.1. The second-order valence-corrected chi connectivity index (χ2v) is 10.00. The first-order valence-corrected chi connectivity index (χ1v) is 13.2. The fraction of sp³-hybridized carbons (Fsp3) is 0.556. The van der Waals surface area contributed by atoms with Crippen LogP contribution in [-0.2, 0) is 36.9 Å². The first kappa shape index (κ1) is 31.1. The Hall–Kier alpha value is -3.39. The van der Waals surface area contributed by atoms with E-state index in [1.54, 1.807) is 0 Å². The average Bonchev–Trinajstić information content (AvgIpc) is 3.57. The second-order valence-electron chi connectivity index (χ2n) is 10.00. The highest BCUT2D eigenvalue weighted by Crippen LogP contribution is 2.25. The van der Waals surface area contributed by atoms with Crippen molar-refractivity contribution < 1.29 is 48.7 Å². The van der Waals surface area contributed by atoms with Gasteiger partial charge in [-0.15, -0.1) is 0 Å². The Bertz CT molecular complexity index is 1100. The fourth-order valence-corrected chi connectivity index (χ4v) is 4.70. The molecule has 40 heavy (non-hydrogen) atoms. The largest absolute Gasteiger partial charge is 0.481 e. The van der Waals surface area contributed by atoms with Gasteiger partial charge in [-0.05, 0) is 55.9 Å². The van der Waals surface area contributed by atoms with Gasteiger partial charge in [-0.2, -0.15) is 5.10 Å². The van der Waals surface area contributed by atoms with Crippen molar-refractivity contribution in [1.82, 2.24) is 14.7 Å². The van der Waals surface area contributed by atoms with E-state index in [1.807, 2.05) is 23.0 Å². The number of hydrogen-bond donors (Lipinski definition) is 4. The second kappa shape index (κ2) is 14.8. The van der Waals surface area contributed by atoms with Gasteiger partial charge < -0.3 is 29.9 Å². The van der Waals surface area contributed by atoms with Crippen LogP contribution in [0.5, 0.6) is 0 Å². The van der Waals surface area contributed by atoms with Crippen LogP contribution in [0.25, 0.3) is 0 Å². The van der Waals surface area contributed by atoms with Gasteiger partial charge in [0.2, 0.25) is 0 Å². The molecule has 1 aromatic carbocycles. The molecular formula is C27H36FN3O9. The van der Waals surface area contributed by atoms with E-state index in [4.69, 9.17) is 29.9 Å². The number of carboxylic acid groups (broad SMARTS) is 3. The summed E-state index contributed by atoms with van der Waals surface area (Å²) in [5.41, 5.74) is -0.478. The molecule has 220 valence electrons. The highest BCUT2D eigenvalue weighted by molar-refractivity contribution is 5.88. The monoisotopic (exact) mass is 565 g/mol. The van der Waals surface area contributed by atoms with Gasteiger partial charge >= 0.3 is 17.9 Å². The van der Waals surface area contributed by atoms with Gasteiger partial charge in [0.05, 0.1) is 24.6 Å². The molecule has 2 aliphatic rings. The number of carbonyl (C=O) groups is 3. The third-order valence-corrected chi connectivity index (χ3v) is 6.66. The minimum atomic E-state index is -2.74. The van der Waals surface area contributed by atoms with E-state index in [2.05, 4.69) is 16.1 Å². The molecule has 0 amide bonds. The van der Waals surface area contributed by atoms with Crippen LogP contribution in [-0.4, -0.2) is 84.5 Å². The number of aliphatic hydroxyl groups is 1. The number of aliphatic carboxylic acids is 3. The molecule has 1 aromatic heterocycles. The molecule has 2 saturated heterocycles. The topological polar surface area (TPSA) is 172 Å². The summed E-state index contributed by atoms with van der Waals surface area (Å²) in [6.07, 6.45) is 5.43. The molecule has 2 unspecified atom stereocenters. The number of carboxylic acids is 3. The predicted molar refractivity (Wildman–Crippen MR) is 138 cm³/mol. The highest BCUT2D eigenvalue weighted by atomic mass is 19.1. The molecule has 2 aliphatic heterocycles. The SMILES string of the molecule is Fc1ccc(CN(Cc2ccnn2C2CCCCO2)CC2CCCO2)cc1.O=C(O)CC(O)(CC(=O)O)C(=O)O. The molecule has 2 aromatic rings. The number of halogens is 1. The van der Waals surface area contributed by atoms with Gasteiger partial charge in [-0.3, -0.25) is 14.5 Å². The predicted octanol–water partition coefficient (Wildman–Crippen LogP) is 2.65. The van der Waals surface area contributed by atoms with E-state index in [0.717, 1.165) is 69.8 Å². The van der Waals surface area contributed by atoms with E-state index in [-0.39, 0.29) is 18.1 Å². The number of ether oxygens (including phenoxy) is 2. The first-order chi connectivity index (χ1) is 19.1. The third kappa shape index (κ3) is 9.66. The molecule has 4 N–H and O–H groups in total. The van der Waals surface area contributed by atoms with Gasteiger partial charge in [0, 0.05) is 39.0 Å². The molecule has 0 bridgehead atoms. The van der Waals surface area contributed by atoms with Crippen molar-refractivity contribution in [2.75, 3.05) is 19.8 Å². The van der Waals surface area contributed by atoms with Gasteiger partial charge in [0.1, 0.15) is 5.82 Å². The van der Waals surface area contributed by atoms with Crippen LogP contribution < -0.4 is 0 Å². The van der Waals surface area contributed by atoms with Gasteiger partial charge in [0.15, 0.2) is 11.8 Å². The molecule has 12 nitrogen and oxygen atoms in total. The molecule has 0 spiro atoms. The van der Waals surface area contributed by atoms with Crippen molar-refractivity contribution in [3.8, 4) is 0 Å². The Labute approximate surface area is 230 Å². The summed E-state index contributed by atoms with van der Waals surface area (Å²) >= 11 is 0. The van der Waals surface area contributed by atoms with E-state index in [1.165, 1.54) is 18.6 Å². The Morgan fingerprint density at radius 3 is 2.17 bits per heavy atom. The van der Waals surface area contributed by atoms with E-state index in [9.17, 15) is 18.8 Å². The third-order valence-electron chi connectivity index (χ3n) is 6.66. The Balaban J connectivity index is 0.000000289. The van der Waals surface area contributed by atoms with Crippen LogP contribution in [0.2, 0.25) is 0 Å². The van der Waals surface area contributed by atoms with Crippen molar-refractivity contribution in [2.45, 2.75) is 76.0 Å². The standard InChI is InChI=1S/C21H28FN3O2.C6H8O7/c22-18-8-6-17(7-9-18)14-24(16-20-4-3-13-26-20)15-19-10-11-23-25(19)21-5-1-2-12-27-21;7-3(8)1-6(13,5(11)12)2-4(9)10/h6-11,20-21H,1-5,12-16H2;13H,1-2H2,(H,7,8)(H,9,10)(H,11,12). The number of benzene rings is 1. The average molecular weight is 566 g/mol. The number of nitrogens with zero attached hydrogens (tertiary/aromatic N) is 3. The Morgan fingerprint density at radius 2 is 1.62 bits per heavy atom. The molecule has 0 aliphatic carbocycles. The van der Waals surface area contributed by atoms with Crippen LogP contribution in [0.3, 0.4) is 0 Å². The minimum absolute atomic E-state index is 0.0409. The van der Waals surface area contributed by atoms with Gasteiger partial charge in [0.25, 0.3) is 0 Å². The highest BCUT2D eigenvalue weighted by Gasteiger charge is 2.40. The lowest BCUT2D eigenvalue weighted by Crippen LogP contribution is -2.42.